The van der Waals surface area contributed by atoms with Gasteiger partial charge >= 0.3 is 12.1 Å². The first-order chi connectivity index (χ1) is 14.0. The number of benzene rings is 1. The molecule has 1 atom stereocenters. The van der Waals surface area contributed by atoms with Crippen LogP contribution in [0.1, 0.15) is 51.5 Å². The number of carbonyl (C=O) groups is 2. The zero-order valence-corrected chi connectivity index (χ0v) is 18.5. The second-order valence-electron chi connectivity index (χ2n) is 7.58. The van der Waals surface area contributed by atoms with E-state index in [2.05, 4.69) is 35.1 Å². The molecule has 0 saturated carbocycles. The number of hydrogen-bond donors (Lipinski definition) is 4. The number of hydrogen-bond acceptors (Lipinski definition) is 3. The molecule has 0 aliphatic heterocycles. The highest BCUT2D eigenvalue weighted by Crippen LogP contribution is 2.12. The normalized spacial score (nSPS) is 11.4. The van der Waals surface area contributed by atoms with Crippen molar-refractivity contribution in [1.29, 1.82) is 0 Å². The van der Waals surface area contributed by atoms with Gasteiger partial charge < -0.3 is 26.2 Å². The Morgan fingerprint density at radius 1 is 0.897 bits per heavy atom. The first-order valence-corrected chi connectivity index (χ1v) is 10.8. The highest BCUT2D eigenvalue weighted by atomic mass is 16.2. The van der Waals surface area contributed by atoms with E-state index in [9.17, 15) is 9.59 Å². The van der Waals surface area contributed by atoms with Crippen LogP contribution in [0.2, 0.25) is 0 Å². The topological polar surface area (TPSA) is 85.5 Å². The van der Waals surface area contributed by atoms with Gasteiger partial charge in [0.2, 0.25) is 0 Å². The summed E-state index contributed by atoms with van der Waals surface area (Å²) in [7, 11) is 3.99. The summed E-state index contributed by atoms with van der Waals surface area (Å²) in [5, 5.41) is 11.4. The number of nitrogens with zero attached hydrogens (tertiary/aromatic N) is 1. The number of urea groups is 2. The fourth-order valence-corrected chi connectivity index (χ4v) is 2.89. The van der Waals surface area contributed by atoms with Gasteiger partial charge in [0.1, 0.15) is 0 Å². The van der Waals surface area contributed by atoms with Crippen molar-refractivity contribution < 1.29 is 9.59 Å². The van der Waals surface area contributed by atoms with E-state index in [1.807, 2.05) is 43.3 Å². The van der Waals surface area contributed by atoms with Crippen LogP contribution in [0.4, 0.5) is 15.3 Å². The Bertz CT molecular complexity index is 589. The molecule has 1 aromatic carbocycles. The van der Waals surface area contributed by atoms with Crippen molar-refractivity contribution in [3.05, 3.63) is 29.8 Å². The van der Waals surface area contributed by atoms with E-state index in [1.165, 1.54) is 12.8 Å². The molecule has 29 heavy (non-hydrogen) atoms. The van der Waals surface area contributed by atoms with Gasteiger partial charge in [-0.05, 0) is 36.5 Å². The molecule has 0 spiro atoms. The van der Waals surface area contributed by atoms with Gasteiger partial charge in [0, 0.05) is 46.0 Å². The van der Waals surface area contributed by atoms with Gasteiger partial charge in [0.05, 0.1) is 0 Å². The maximum absolute atomic E-state index is 11.9. The Hall–Kier alpha value is -2.44. The number of nitrogens with one attached hydrogen (secondary N) is 4. The quantitative estimate of drug-likeness (QED) is 0.379. The zero-order valence-electron chi connectivity index (χ0n) is 18.5. The average molecular weight is 406 g/mol. The largest absolute Gasteiger partial charge is 0.378 e. The molecule has 7 nitrogen and oxygen atoms in total. The number of unbranched alkanes of at least 4 members (excludes halogenated alkanes) is 1. The molecule has 0 aliphatic rings. The lowest BCUT2D eigenvalue weighted by Crippen LogP contribution is -2.40. The molecule has 1 rings (SSSR count). The number of anilines is 1. The van der Waals surface area contributed by atoms with Crippen molar-refractivity contribution in [2.45, 2.75) is 52.5 Å². The molecule has 4 amide bonds. The predicted molar refractivity (Wildman–Crippen MR) is 120 cm³/mol. The fourth-order valence-electron chi connectivity index (χ4n) is 2.89. The standard InChI is InChI=1S/C22H39N5O2/c1-5-7-9-18(6-2)16-25-21(28)23-14-8-15-24-22(29)26-17-19-10-12-20(13-11-19)27(3)4/h10-13,18H,5-9,14-17H2,1-4H3,(H2,23,25,28)(H2,24,26,29). The summed E-state index contributed by atoms with van der Waals surface area (Å²) in [6.07, 6.45) is 5.32. The van der Waals surface area contributed by atoms with E-state index in [-0.39, 0.29) is 12.1 Å². The number of rotatable bonds is 13. The first kappa shape index (κ1) is 24.6. The third-order valence-electron chi connectivity index (χ3n) is 4.93. The summed E-state index contributed by atoms with van der Waals surface area (Å²) in [5.74, 6) is 0.546. The van der Waals surface area contributed by atoms with Crippen molar-refractivity contribution in [3.63, 3.8) is 0 Å². The van der Waals surface area contributed by atoms with Crippen LogP contribution in [0.25, 0.3) is 0 Å². The molecule has 1 unspecified atom stereocenters. The number of amides is 4. The van der Waals surface area contributed by atoms with E-state index in [0.717, 1.165) is 30.6 Å². The van der Waals surface area contributed by atoms with Gasteiger partial charge in [-0.1, -0.05) is 45.2 Å². The molecule has 0 aliphatic carbocycles. The van der Waals surface area contributed by atoms with Crippen LogP contribution in [-0.4, -0.2) is 45.8 Å². The lowest BCUT2D eigenvalue weighted by molar-refractivity contribution is 0.237. The van der Waals surface area contributed by atoms with Crippen LogP contribution in [0.5, 0.6) is 0 Å². The lowest BCUT2D eigenvalue weighted by Gasteiger charge is -2.15. The van der Waals surface area contributed by atoms with Crippen LogP contribution in [-0.2, 0) is 6.54 Å². The Kier molecular flexibility index (Phi) is 12.3. The summed E-state index contributed by atoms with van der Waals surface area (Å²) >= 11 is 0. The molecule has 164 valence electrons. The maximum atomic E-state index is 11.9. The van der Waals surface area contributed by atoms with E-state index < -0.39 is 0 Å². The minimum absolute atomic E-state index is 0.134. The average Bonchev–Trinajstić information content (AvgIpc) is 2.72. The van der Waals surface area contributed by atoms with Gasteiger partial charge in [-0.3, -0.25) is 0 Å². The van der Waals surface area contributed by atoms with E-state index in [4.69, 9.17) is 0 Å². The zero-order chi connectivity index (χ0) is 21.5. The maximum Gasteiger partial charge on any atom is 0.315 e. The van der Waals surface area contributed by atoms with Crippen molar-refractivity contribution in [1.82, 2.24) is 21.3 Å². The minimum Gasteiger partial charge on any atom is -0.378 e. The van der Waals surface area contributed by atoms with Crippen LogP contribution >= 0.6 is 0 Å². The second kappa shape index (κ2) is 14.5. The number of carbonyl (C=O) groups excluding carboxylic acids is 2. The van der Waals surface area contributed by atoms with E-state index in [0.29, 0.717) is 32.0 Å². The van der Waals surface area contributed by atoms with Crippen LogP contribution in [0, 0.1) is 5.92 Å². The molecule has 1 aromatic rings. The predicted octanol–water partition coefficient (Wildman–Crippen LogP) is 3.46. The first-order valence-electron chi connectivity index (χ1n) is 10.8. The monoisotopic (exact) mass is 405 g/mol. The van der Waals surface area contributed by atoms with Crippen molar-refractivity contribution in [2.75, 3.05) is 38.6 Å². The second-order valence-corrected chi connectivity index (χ2v) is 7.58. The Labute approximate surface area is 176 Å². The molecule has 0 heterocycles. The highest BCUT2D eigenvalue weighted by Gasteiger charge is 2.08. The Morgan fingerprint density at radius 3 is 2.07 bits per heavy atom. The van der Waals surface area contributed by atoms with Crippen LogP contribution in [0.3, 0.4) is 0 Å². The van der Waals surface area contributed by atoms with Crippen molar-refractivity contribution in [3.8, 4) is 0 Å². The molecule has 0 aromatic heterocycles. The molecule has 4 N–H and O–H groups in total. The molecule has 0 bridgehead atoms. The summed E-state index contributed by atoms with van der Waals surface area (Å²) in [6.45, 7) is 6.60. The molecule has 0 saturated heterocycles. The van der Waals surface area contributed by atoms with Gasteiger partial charge in [-0.15, -0.1) is 0 Å². The van der Waals surface area contributed by atoms with Crippen LogP contribution in [0.15, 0.2) is 24.3 Å². The third kappa shape index (κ3) is 11.2. The lowest BCUT2D eigenvalue weighted by atomic mass is 9.99. The van der Waals surface area contributed by atoms with Gasteiger partial charge in [0.25, 0.3) is 0 Å². The summed E-state index contributed by atoms with van der Waals surface area (Å²) in [4.78, 5) is 25.7. The third-order valence-corrected chi connectivity index (χ3v) is 4.93. The molecular formula is C22H39N5O2. The smallest absolute Gasteiger partial charge is 0.315 e. The van der Waals surface area contributed by atoms with Gasteiger partial charge in [-0.2, -0.15) is 0 Å². The van der Waals surface area contributed by atoms with Gasteiger partial charge in [0.15, 0.2) is 0 Å². The highest BCUT2D eigenvalue weighted by molar-refractivity contribution is 5.74. The SMILES string of the molecule is CCCCC(CC)CNC(=O)NCCCNC(=O)NCc1ccc(N(C)C)cc1. The van der Waals surface area contributed by atoms with Gasteiger partial charge in [-0.25, -0.2) is 9.59 Å². The van der Waals surface area contributed by atoms with E-state index in [1.54, 1.807) is 0 Å². The summed E-state index contributed by atoms with van der Waals surface area (Å²) in [6, 6.07) is 7.72. The fraction of sp³-hybridized carbons (Fsp3) is 0.636. The molecular weight excluding hydrogens is 366 g/mol. The molecule has 0 radical (unpaired) electrons. The summed E-state index contributed by atoms with van der Waals surface area (Å²) in [5.41, 5.74) is 2.18. The Balaban J connectivity index is 2.08. The van der Waals surface area contributed by atoms with Crippen LogP contribution < -0.4 is 26.2 Å². The Morgan fingerprint density at radius 2 is 1.52 bits per heavy atom. The summed E-state index contributed by atoms with van der Waals surface area (Å²) < 4.78 is 0. The van der Waals surface area contributed by atoms with Crippen molar-refractivity contribution >= 4 is 17.7 Å². The molecule has 0 fully saturated rings. The van der Waals surface area contributed by atoms with Crippen molar-refractivity contribution in [2.24, 2.45) is 5.92 Å². The van der Waals surface area contributed by atoms with E-state index >= 15 is 0 Å². The minimum atomic E-state index is -0.201. The molecule has 7 heteroatoms.